The quantitative estimate of drug-likeness (QED) is 0.654. The average molecular weight is 305 g/mol. The van der Waals surface area contributed by atoms with Gasteiger partial charge in [0, 0.05) is 6.20 Å². The zero-order chi connectivity index (χ0) is 15.9. The van der Waals surface area contributed by atoms with Crippen LogP contribution in [0, 0.1) is 0 Å². The molecule has 2 aromatic carbocycles. The normalized spacial score (nSPS) is 10.7. The third-order valence-corrected chi connectivity index (χ3v) is 3.60. The van der Waals surface area contributed by atoms with Crippen LogP contribution >= 0.6 is 0 Å². The minimum Gasteiger partial charge on any atom is -0.348 e. The van der Waals surface area contributed by atoms with E-state index < -0.39 is 0 Å². The lowest BCUT2D eigenvalue weighted by atomic mass is 9.99. The van der Waals surface area contributed by atoms with Crippen LogP contribution in [0.25, 0.3) is 0 Å². The van der Waals surface area contributed by atoms with Crippen LogP contribution in [0.4, 0.5) is 5.82 Å². The highest BCUT2D eigenvalue weighted by atomic mass is 16.1. The Labute approximate surface area is 135 Å². The van der Waals surface area contributed by atoms with E-state index in [0.29, 0.717) is 5.82 Å². The predicted octanol–water partition coefficient (Wildman–Crippen LogP) is 3.33. The van der Waals surface area contributed by atoms with Gasteiger partial charge in [-0.2, -0.15) is 0 Å². The molecule has 1 heterocycles. The van der Waals surface area contributed by atoms with E-state index in [9.17, 15) is 4.79 Å². The van der Waals surface area contributed by atoms with Gasteiger partial charge in [-0.3, -0.25) is 10.1 Å². The third kappa shape index (κ3) is 4.08. The lowest BCUT2D eigenvalue weighted by Gasteiger charge is -2.19. The first-order valence-electron chi connectivity index (χ1n) is 7.59. The Hall–Kier alpha value is -2.85. The van der Waals surface area contributed by atoms with E-state index in [0.717, 1.165) is 11.1 Å². The Bertz CT molecular complexity index is 684. The number of benzene rings is 2. The number of nitrogens with one attached hydrogen (secondary N) is 3. The first-order chi connectivity index (χ1) is 11.3. The fourth-order valence-corrected chi connectivity index (χ4v) is 2.52. The highest BCUT2D eigenvalue weighted by Gasteiger charge is 2.14. The van der Waals surface area contributed by atoms with Gasteiger partial charge in [0.2, 0.25) is 5.91 Å². The number of carbonyl (C=O) groups is 1. The number of hydrogen-bond acceptors (Lipinski definition) is 2. The van der Waals surface area contributed by atoms with E-state index in [1.165, 1.54) is 0 Å². The lowest BCUT2D eigenvalue weighted by molar-refractivity contribution is -0.115. The maximum Gasteiger partial charge on any atom is 0.239 e. The number of amides is 1. The molecule has 116 valence electrons. The molecule has 0 radical (unpaired) electrons. The van der Waals surface area contributed by atoms with Crippen molar-refractivity contribution in [3.05, 3.63) is 90.1 Å². The van der Waals surface area contributed by atoms with E-state index in [1.54, 1.807) is 6.20 Å². The van der Waals surface area contributed by atoms with Crippen LogP contribution in [0.1, 0.15) is 17.2 Å². The van der Waals surface area contributed by atoms with Crippen molar-refractivity contribution in [1.82, 2.24) is 10.3 Å². The van der Waals surface area contributed by atoms with Crippen molar-refractivity contribution in [3.8, 4) is 0 Å². The predicted molar refractivity (Wildman–Crippen MR) is 92.2 cm³/mol. The van der Waals surface area contributed by atoms with Crippen LogP contribution in [0.2, 0.25) is 0 Å². The van der Waals surface area contributed by atoms with E-state index in [4.69, 9.17) is 0 Å². The molecular weight excluding hydrogens is 286 g/mol. The first kappa shape index (κ1) is 15.1. The van der Waals surface area contributed by atoms with Crippen molar-refractivity contribution >= 4 is 11.7 Å². The second kappa shape index (κ2) is 7.42. The second-order valence-electron chi connectivity index (χ2n) is 5.27. The van der Waals surface area contributed by atoms with E-state index in [2.05, 4.69) is 39.9 Å². The van der Waals surface area contributed by atoms with Gasteiger partial charge in [0.05, 0.1) is 12.6 Å². The number of aromatic amines is 1. The molecule has 0 spiro atoms. The maximum atomic E-state index is 12.1. The van der Waals surface area contributed by atoms with Gasteiger partial charge < -0.3 is 10.3 Å². The first-order valence-corrected chi connectivity index (χ1v) is 7.59. The molecule has 0 saturated heterocycles. The van der Waals surface area contributed by atoms with E-state index in [-0.39, 0.29) is 18.5 Å². The monoisotopic (exact) mass is 305 g/mol. The molecule has 3 aromatic rings. The Morgan fingerprint density at radius 2 is 1.48 bits per heavy atom. The topological polar surface area (TPSA) is 56.9 Å². The summed E-state index contributed by atoms with van der Waals surface area (Å²) in [6, 6.07) is 23.9. The summed E-state index contributed by atoms with van der Waals surface area (Å²) in [4.78, 5) is 15.0. The Kier molecular flexibility index (Phi) is 4.86. The molecule has 0 atom stereocenters. The van der Waals surface area contributed by atoms with Crippen molar-refractivity contribution in [2.75, 3.05) is 11.9 Å². The molecule has 23 heavy (non-hydrogen) atoms. The standard InChI is InChI=1S/C19H19N3O/c23-18(22-17-12-7-13-20-17)14-21-19(15-8-3-1-4-9-15)16-10-5-2-6-11-16/h1-13,19-21H,14H2,(H,22,23). The molecule has 4 nitrogen and oxygen atoms in total. The number of H-pyrrole nitrogens is 1. The summed E-state index contributed by atoms with van der Waals surface area (Å²) in [5.74, 6) is 0.622. The van der Waals surface area contributed by atoms with Crippen LogP contribution in [-0.2, 0) is 4.79 Å². The molecule has 0 saturated carbocycles. The van der Waals surface area contributed by atoms with E-state index in [1.807, 2.05) is 48.5 Å². The molecule has 1 amide bonds. The number of carbonyl (C=O) groups excluding carboxylic acids is 1. The fourth-order valence-electron chi connectivity index (χ4n) is 2.52. The molecule has 0 aliphatic heterocycles. The molecule has 4 heteroatoms. The van der Waals surface area contributed by atoms with Gasteiger partial charge in [-0.1, -0.05) is 60.7 Å². The minimum atomic E-state index is -0.0793. The summed E-state index contributed by atoms with van der Waals surface area (Å²) in [5, 5.41) is 6.16. The molecule has 0 aliphatic carbocycles. The highest BCUT2D eigenvalue weighted by Crippen LogP contribution is 2.21. The molecule has 0 aliphatic rings. The fraction of sp³-hybridized carbons (Fsp3) is 0.105. The third-order valence-electron chi connectivity index (χ3n) is 3.60. The maximum absolute atomic E-state index is 12.1. The van der Waals surface area contributed by atoms with Crippen LogP contribution in [0.5, 0.6) is 0 Å². The molecule has 3 rings (SSSR count). The summed E-state index contributed by atoms with van der Waals surface area (Å²) in [5.41, 5.74) is 2.26. The summed E-state index contributed by atoms with van der Waals surface area (Å²) >= 11 is 0. The SMILES string of the molecule is O=C(CNC(c1ccccc1)c1ccccc1)Nc1ccc[nH]1. The van der Waals surface area contributed by atoms with Crippen molar-refractivity contribution in [2.24, 2.45) is 0 Å². The number of rotatable bonds is 6. The van der Waals surface area contributed by atoms with Gasteiger partial charge in [0.25, 0.3) is 0 Å². The number of anilines is 1. The van der Waals surface area contributed by atoms with Crippen LogP contribution in [-0.4, -0.2) is 17.4 Å². The zero-order valence-electron chi connectivity index (χ0n) is 12.7. The van der Waals surface area contributed by atoms with Crippen LogP contribution in [0.3, 0.4) is 0 Å². The largest absolute Gasteiger partial charge is 0.348 e. The van der Waals surface area contributed by atoms with Crippen molar-refractivity contribution in [1.29, 1.82) is 0 Å². The smallest absolute Gasteiger partial charge is 0.239 e. The molecular formula is C19H19N3O. The van der Waals surface area contributed by atoms with Crippen molar-refractivity contribution in [2.45, 2.75) is 6.04 Å². The Morgan fingerprint density at radius 3 is 2.00 bits per heavy atom. The number of hydrogen-bond donors (Lipinski definition) is 3. The summed E-state index contributed by atoms with van der Waals surface area (Å²) < 4.78 is 0. The van der Waals surface area contributed by atoms with Gasteiger partial charge in [-0.15, -0.1) is 0 Å². The molecule has 1 aromatic heterocycles. The Balaban J connectivity index is 1.71. The highest BCUT2D eigenvalue weighted by molar-refractivity contribution is 5.91. The molecule has 0 unspecified atom stereocenters. The summed E-state index contributed by atoms with van der Waals surface area (Å²) in [7, 11) is 0. The lowest BCUT2D eigenvalue weighted by Crippen LogP contribution is -2.32. The van der Waals surface area contributed by atoms with Crippen molar-refractivity contribution < 1.29 is 4.79 Å². The Morgan fingerprint density at radius 1 is 0.870 bits per heavy atom. The minimum absolute atomic E-state index is 0.0215. The second-order valence-corrected chi connectivity index (χ2v) is 5.27. The van der Waals surface area contributed by atoms with Gasteiger partial charge in [-0.05, 0) is 23.3 Å². The summed E-state index contributed by atoms with van der Waals surface area (Å²) in [6.07, 6.45) is 1.78. The van der Waals surface area contributed by atoms with Crippen LogP contribution < -0.4 is 10.6 Å². The molecule has 0 bridgehead atoms. The van der Waals surface area contributed by atoms with Crippen molar-refractivity contribution in [3.63, 3.8) is 0 Å². The van der Waals surface area contributed by atoms with Gasteiger partial charge >= 0.3 is 0 Å². The molecule has 0 fully saturated rings. The zero-order valence-corrected chi connectivity index (χ0v) is 12.7. The van der Waals surface area contributed by atoms with Gasteiger partial charge in [0.15, 0.2) is 0 Å². The molecule has 3 N–H and O–H groups in total. The van der Waals surface area contributed by atoms with Gasteiger partial charge in [-0.25, -0.2) is 0 Å². The number of aromatic nitrogens is 1. The van der Waals surface area contributed by atoms with E-state index >= 15 is 0 Å². The van der Waals surface area contributed by atoms with Gasteiger partial charge in [0.1, 0.15) is 5.82 Å². The summed E-state index contributed by atoms with van der Waals surface area (Å²) in [6.45, 7) is 0.230. The average Bonchev–Trinajstić information content (AvgIpc) is 3.10. The van der Waals surface area contributed by atoms with Crippen LogP contribution in [0.15, 0.2) is 79.0 Å².